The third kappa shape index (κ3) is 3.65. The van der Waals surface area contributed by atoms with Gasteiger partial charge in [0.25, 0.3) is 0 Å². The number of fused-ring (bicyclic) bond motifs is 2. The molecule has 2 aromatic carbocycles. The molecule has 4 rings (SSSR count). The van der Waals surface area contributed by atoms with Crippen LogP contribution in [-0.2, 0) is 6.42 Å². The van der Waals surface area contributed by atoms with E-state index in [0.717, 1.165) is 11.6 Å². The maximum absolute atomic E-state index is 13.3. The molecule has 0 spiro atoms. The van der Waals surface area contributed by atoms with Gasteiger partial charge in [0.2, 0.25) is 5.43 Å². The Morgan fingerprint density at radius 1 is 1.13 bits per heavy atom. The average molecular weight is 420 g/mol. The number of benzene rings is 2. The number of phenols is 3. The van der Waals surface area contributed by atoms with Crippen molar-refractivity contribution in [3.63, 3.8) is 0 Å². The Labute approximate surface area is 179 Å². The summed E-state index contributed by atoms with van der Waals surface area (Å²) < 4.78 is 11.9. The van der Waals surface area contributed by atoms with Crippen molar-refractivity contribution in [1.29, 1.82) is 0 Å². The summed E-state index contributed by atoms with van der Waals surface area (Å²) >= 11 is 0. The highest BCUT2D eigenvalue weighted by Gasteiger charge is 2.27. The zero-order chi connectivity index (χ0) is 22.5. The quantitative estimate of drug-likeness (QED) is 0.499. The van der Waals surface area contributed by atoms with E-state index in [-0.39, 0.29) is 40.4 Å². The molecular weight excluding hydrogens is 396 g/mol. The van der Waals surface area contributed by atoms with Crippen LogP contribution in [0.25, 0.3) is 28.4 Å². The molecule has 0 unspecified atom stereocenters. The smallest absolute Gasteiger partial charge is 0.200 e. The van der Waals surface area contributed by atoms with E-state index in [1.54, 1.807) is 18.2 Å². The zero-order valence-electron chi connectivity index (χ0n) is 17.8. The third-order valence-electron chi connectivity index (χ3n) is 5.21. The van der Waals surface area contributed by atoms with Crippen molar-refractivity contribution in [2.24, 2.45) is 0 Å². The van der Waals surface area contributed by atoms with Gasteiger partial charge in [-0.25, -0.2) is 0 Å². The molecule has 1 aliphatic rings. The molecule has 6 nitrogen and oxygen atoms in total. The fourth-order valence-corrected chi connectivity index (χ4v) is 3.65. The molecule has 3 aromatic rings. The summed E-state index contributed by atoms with van der Waals surface area (Å²) in [7, 11) is 0. The highest BCUT2D eigenvalue weighted by molar-refractivity contribution is 5.88. The van der Waals surface area contributed by atoms with Gasteiger partial charge in [0.15, 0.2) is 0 Å². The first-order chi connectivity index (χ1) is 14.6. The Bertz CT molecular complexity index is 1320. The number of aromatic hydroxyl groups is 3. The van der Waals surface area contributed by atoms with Crippen molar-refractivity contribution in [2.75, 3.05) is 0 Å². The normalized spacial score (nSPS) is 14.2. The van der Waals surface area contributed by atoms with Gasteiger partial charge >= 0.3 is 0 Å². The Balaban J connectivity index is 2.02. The minimum atomic E-state index is -0.500. The van der Waals surface area contributed by atoms with Gasteiger partial charge in [-0.2, -0.15) is 0 Å². The molecule has 1 aliphatic heterocycles. The van der Waals surface area contributed by atoms with Crippen molar-refractivity contribution in [1.82, 2.24) is 0 Å². The lowest BCUT2D eigenvalue weighted by Gasteiger charge is -2.28. The van der Waals surface area contributed by atoms with E-state index in [1.165, 1.54) is 6.07 Å². The van der Waals surface area contributed by atoms with Crippen LogP contribution in [-0.4, -0.2) is 20.9 Å². The number of rotatable bonds is 3. The van der Waals surface area contributed by atoms with Crippen molar-refractivity contribution < 1.29 is 24.5 Å². The lowest BCUT2D eigenvalue weighted by atomic mass is 9.96. The average Bonchev–Trinajstić information content (AvgIpc) is 2.65. The lowest BCUT2D eigenvalue weighted by molar-refractivity contribution is 0.158. The molecule has 1 aromatic heterocycles. The van der Waals surface area contributed by atoms with E-state index >= 15 is 0 Å². The summed E-state index contributed by atoms with van der Waals surface area (Å²) in [5.41, 5.74) is 1.23. The molecule has 0 fully saturated rings. The molecule has 0 aliphatic carbocycles. The second-order valence-electron chi connectivity index (χ2n) is 8.47. The van der Waals surface area contributed by atoms with Crippen molar-refractivity contribution >= 4 is 17.0 Å². The maximum Gasteiger partial charge on any atom is 0.200 e. The summed E-state index contributed by atoms with van der Waals surface area (Å²) in [5, 5.41) is 31.1. The second kappa shape index (κ2) is 7.23. The van der Waals surface area contributed by atoms with E-state index in [2.05, 4.69) is 0 Å². The summed E-state index contributed by atoms with van der Waals surface area (Å²) in [5.74, 6) is 0.0393. The predicted octanol–water partition coefficient (Wildman–Crippen LogP) is 5.27. The van der Waals surface area contributed by atoms with Crippen LogP contribution in [0.5, 0.6) is 23.0 Å². The molecular formula is C25H24O6. The van der Waals surface area contributed by atoms with Crippen LogP contribution in [0.3, 0.4) is 0 Å². The van der Waals surface area contributed by atoms with Gasteiger partial charge in [-0.15, -0.1) is 0 Å². The van der Waals surface area contributed by atoms with Crippen LogP contribution in [0.1, 0.15) is 38.8 Å². The van der Waals surface area contributed by atoms with E-state index in [0.29, 0.717) is 22.4 Å². The molecule has 0 saturated heterocycles. The van der Waals surface area contributed by atoms with Gasteiger partial charge in [0, 0.05) is 17.7 Å². The zero-order valence-corrected chi connectivity index (χ0v) is 17.8. The van der Waals surface area contributed by atoms with E-state index in [9.17, 15) is 20.1 Å². The minimum absolute atomic E-state index is 0.0128. The standard InChI is InChI=1S/C25H24O6/c1-13(2)5-6-17-23(29)21-18(27)11-14(26)12-20(21)30-24(17)16-7-8-19-15(22(16)28)9-10-25(3,4)31-19/h5,7-12,26-28H,6H2,1-4H3. The number of ether oxygens (including phenoxy) is 1. The largest absolute Gasteiger partial charge is 0.508 e. The van der Waals surface area contributed by atoms with E-state index in [4.69, 9.17) is 9.15 Å². The summed E-state index contributed by atoms with van der Waals surface area (Å²) in [6.07, 6.45) is 5.76. The summed E-state index contributed by atoms with van der Waals surface area (Å²) in [6.45, 7) is 7.66. The van der Waals surface area contributed by atoms with Crippen LogP contribution < -0.4 is 10.2 Å². The number of allylic oxidation sites excluding steroid dienone is 2. The minimum Gasteiger partial charge on any atom is -0.508 e. The Kier molecular flexibility index (Phi) is 4.81. The van der Waals surface area contributed by atoms with Crippen molar-refractivity contribution in [3.8, 4) is 34.3 Å². The lowest BCUT2D eigenvalue weighted by Crippen LogP contribution is -2.27. The Hall–Kier alpha value is -3.67. The van der Waals surface area contributed by atoms with E-state index < -0.39 is 11.0 Å². The number of hydrogen-bond donors (Lipinski definition) is 3. The monoisotopic (exact) mass is 420 g/mol. The first-order valence-electron chi connectivity index (χ1n) is 9.97. The molecule has 2 heterocycles. The fraction of sp³-hybridized carbons (Fsp3) is 0.240. The molecule has 3 N–H and O–H groups in total. The fourth-order valence-electron chi connectivity index (χ4n) is 3.65. The molecule has 0 bridgehead atoms. The van der Waals surface area contributed by atoms with Crippen molar-refractivity contribution in [2.45, 2.75) is 39.7 Å². The molecule has 0 amide bonds. The third-order valence-corrected chi connectivity index (χ3v) is 5.21. The van der Waals surface area contributed by atoms with Crippen LogP contribution in [0.15, 0.2) is 51.2 Å². The molecule has 0 radical (unpaired) electrons. The van der Waals surface area contributed by atoms with Gasteiger partial charge in [0.1, 0.15) is 45.3 Å². The van der Waals surface area contributed by atoms with Gasteiger partial charge in [-0.05, 0) is 58.4 Å². The molecule has 0 saturated carbocycles. The second-order valence-corrected chi connectivity index (χ2v) is 8.47. The Morgan fingerprint density at radius 3 is 2.58 bits per heavy atom. The number of phenolic OH excluding ortho intramolecular Hbond substituents is 3. The first kappa shape index (κ1) is 20.6. The van der Waals surface area contributed by atoms with Gasteiger partial charge < -0.3 is 24.5 Å². The van der Waals surface area contributed by atoms with Gasteiger partial charge in [0.05, 0.1) is 11.1 Å². The van der Waals surface area contributed by atoms with Crippen LogP contribution in [0.2, 0.25) is 0 Å². The molecule has 6 heteroatoms. The van der Waals surface area contributed by atoms with Crippen LogP contribution in [0, 0.1) is 0 Å². The maximum atomic E-state index is 13.3. The molecule has 31 heavy (non-hydrogen) atoms. The van der Waals surface area contributed by atoms with E-state index in [1.807, 2.05) is 39.8 Å². The first-order valence-corrected chi connectivity index (χ1v) is 9.97. The molecule has 160 valence electrons. The highest BCUT2D eigenvalue weighted by Crippen LogP contribution is 2.43. The van der Waals surface area contributed by atoms with Gasteiger partial charge in [-0.3, -0.25) is 4.79 Å². The topological polar surface area (TPSA) is 100 Å². The SMILES string of the molecule is CC(C)=CCc1c(-c2ccc3c(c2O)C=CC(C)(C)O3)oc2cc(O)cc(O)c2c1=O. The summed E-state index contributed by atoms with van der Waals surface area (Å²) in [4.78, 5) is 13.3. The van der Waals surface area contributed by atoms with Crippen LogP contribution in [0.4, 0.5) is 0 Å². The predicted molar refractivity (Wildman–Crippen MR) is 120 cm³/mol. The van der Waals surface area contributed by atoms with Gasteiger partial charge in [-0.1, -0.05) is 11.6 Å². The van der Waals surface area contributed by atoms with Crippen LogP contribution >= 0.6 is 0 Å². The number of hydrogen-bond acceptors (Lipinski definition) is 6. The highest BCUT2D eigenvalue weighted by atomic mass is 16.5. The Morgan fingerprint density at radius 2 is 1.87 bits per heavy atom. The van der Waals surface area contributed by atoms with Crippen molar-refractivity contribution in [3.05, 3.63) is 63.3 Å². The summed E-state index contributed by atoms with van der Waals surface area (Å²) in [6, 6.07) is 5.74. The molecule has 0 atom stereocenters.